The van der Waals surface area contributed by atoms with Gasteiger partial charge in [-0.25, -0.2) is 14.6 Å². The Bertz CT molecular complexity index is 1380. The monoisotopic (exact) mass is 449 g/mol. The summed E-state index contributed by atoms with van der Waals surface area (Å²) in [7, 11) is 0. The standard InChI is InChI=1S/C24H27N5O4/c1-13-8-14(2)22(15(3)9-13)27-21-12-18-17-11-20(31)19(30)10-16(17)4-6-28(18)24(33)29(21)7-5-26-23(25)32/h8-12,30-31H,4-7H2,1-3H3,(H3,25,26,32). The first kappa shape index (κ1) is 22.2. The third-order valence-electron chi connectivity index (χ3n) is 5.87. The number of hydrogen-bond acceptors (Lipinski definition) is 5. The summed E-state index contributed by atoms with van der Waals surface area (Å²) in [4.78, 5) is 29.5. The number of aromatic nitrogens is 2. The summed E-state index contributed by atoms with van der Waals surface area (Å²) in [5, 5.41) is 22.5. The van der Waals surface area contributed by atoms with Crippen molar-refractivity contribution < 1.29 is 15.0 Å². The predicted octanol–water partition coefficient (Wildman–Crippen LogP) is 2.11. The lowest BCUT2D eigenvalue weighted by molar-refractivity contribution is 0.248. The molecule has 4 rings (SSSR count). The minimum atomic E-state index is -0.665. The Kier molecular flexibility index (Phi) is 5.71. The second-order valence-corrected chi connectivity index (χ2v) is 8.37. The maximum Gasteiger partial charge on any atom is 0.330 e. The zero-order chi connectivity index (χ0) is 23.9. The fourth-order valence-electron chi connectivity index (χ4n) is 4.42. The van der Waals surface area contributed by atoms with E-state index < -0.39 is 6.03 Å². The zero-order valence-corrected chi connectivity index (χ0v) is 18.8. The molecular weight excluding hydrogens is 422 g/mol. The van der Waals surface area contributed by atoms with Crippen LogP contribution < -0.4 is 22.2 Å². The molecule has 2 aromatic carbocycles. The first-order valence-electron chi connectivity index (χ1n) is 10.7. The van der Waals surface area contributed by atoms with Gasteiger partial charge in [0.2, 0.25) is 0 Å². The first-order valence-corrected chi connectivity index (χ1v) is 10.7. The molecule has 2 heterocycles. The van der Waals surface area contributed by atoms with Gasteiger partial charge in [-0.15, -0.1) is 0 Å². The van der Waals surface area contributed by atoms with Gasteiger partial charge in [-0.05, 0) is 56.0 Å². The lowest BCUT2D eigenvalue weighted by Gasteiger charge is -2.24. The third-order valence-corrected chi connectivity index (χ3v) is 5.87. The fraction of sp³-hybridized carbons (Fsp3) is 0.292. The van der Waals surface area contributed by atoms with Gasteiger partial charge in [0, 0.05) is 31.3 Å². The molecule has 0 spiro atoms. The highest BCUT2D eigenvalue weighted by Gasteiger charge is 2.21. The van der Waals surface area contributed by atoms with E-state index in [4.69, 9.17) is 10.7 Å². The van der Waals surface area contributed by atoms with Crippen LogP contribution in [0.4, 0.5) is 10.5 Å². The zero-order valence-electron chi connectivity index (χ0n) is 18.8. The molecule has 1 aromatic heterocycles. The second-order valence-electron chi connectivity index (χ2n) is 8.37. The van der Waals surface area contributed by atoms with E-state index in [0.717, 1.165) is 27.9 Å². The number of hydrogen-bond donors (Lipinski definition) is 4. The molecule has 0 radical (unpaired) electrons. The molecule has 2 amide bonds. The van der Waals surface area contributed by atoms with Crippen LogP contribution in [0.1, 0.15) is 22.3 Å². The Balaban J connectivity index is 1.98. The summed E-state index contributed by atoms with van der Waals surface area (Å²) in [6.45, 7) is 6.74. The van der Waals surface area contributed by atoms with Crippen LogP contribution in [0.15, 0.2) is 40.1 Å². The smallest absolute Gasteiger partial charge is 0.330 e. The SMILES string of the molecule is Cc1cc(C)c(N=c2cc3n(c(=O)n2CCNC(N)=O)CCc2cc(O)c(O)cc2-3)c(C)c1. The Morgan fingerprint density at radius 2 is 1.76 bits per heavy atom. The van der Waals surface area contributed by atoms with Gasteiger partial charge in [0.15, 0.2) is 11.5 Å². The number of amides is 2. The van der Waals surface area contributed by atoms with Crippen LogP contribution in [0.3, 0.4) is 0 Å². The molecule has 0 aliphatic carbocycles. The van der Waals surface area contributed by atoms with E-state index in [-0.39, 0.29) is 30.3 Å². The fourth-order valence-corrected chi connectivity index (χ4v) is 4.42. The minimum Gasteiger partial charge on any atom is -0.504 e. The predicted molar refractivity (Wildman–Crippen MR) is 125 cm³/mol. The number of aromatic hydroxyl groups is 2. The molecule has 9 heteroatoms. The Morgan fingerprint density at radius 3 is 2.42 bits per heavy atom. The number of rotatable bonds is 4. The van der Waals surface area contributed by atoms with Crippen molar-refractivity contribution in [3.05, 3.63) is 68.6 Å². The number of urea groups is 1. The Hall–Kier alpha value is -4.01. The van der Waals surface area contributed by atoms with Crippen LogP contribution in [0.5, 0.6) is 11.5 Å². The first-order chi connectivity index (χ1) is 15.7. The number of carbonyl (C=O) groups is 1. The highest BCUT2D eigenvalue weighted by atomic mass is 16.3. The second kappa shape index (κ2) is 8.50. The maximum atomic E-state index is 13.5. The van der Waals surface area contributed by atoms with Gasteiger partial charge in [-0.3, -0.25) is 9.13 Å². The van der Waals surface area contributed by atoms with Crippen molar-refractivity contribution in [1.82, 2.24) is 14.5 Å². The van der Waals surface area contributed by atoms with Crippen LogP contribution in [-0.4, -0.2) is 31.9 Å². The molecule has 5 N–H and O–H groups in total. The number of phenols is 2. The van der Waals surface area contributed by atoms with Crippen molar-refractivity contribution in [2.75, 3.05) is 6.54 Å². The number of nitrogens with one attached hydrogen (secondary N) is 1. The van der Waals surface area contributed by atoms with Crippen molar-refractivity contribution in [2.24, 2.45) is 10.7 Å². The topological polar surface area (TPSA) is 135 Å². The van der Waals surface area contributed by atoms with Crippen molar-refractivity contribution in [3.8, 4) is 22.8 Å². The van der Waals surface area contributed by atoms with E-state index in [1.54, 1.807) is 10.6 Å². The molecule has 1 aliphatic heterocycles. The lowest BCUT2D eigenvalue weighted by atomic mass is 9.97. The van der Waals surface area contributed by atoms with Gasteiger partial charge in [0.05, 0.1) is 11.4 Å². The van der Waals surface area contributed by atoms with Gasteiger partial charge < -0.3 is 21.3 Å². The van der Waals surface area contributed by atoms with Crippen LogP contribution in [-0.2, 0) is 19.5 Å². The summed E-state index contributed by atoms with van der Waals surface area (Å²) in [6, 6.07) is 8.21. The van der Waals surface area contributed by atoms with E-state index in [0.29, 0.717) is 29.7 Å². The number of primary amides is 1. The van der Waals surface area contributed by atoms with Crippen LogP contribution >= 0.6 is 0 Å². The summed E-state index contributed by atoms with van der Waals surface area (Å²) in [5.41, 5.74) is 11.3. The van der Waals surface area contributed by atoms with E-state index in [1.807, 2.05) is 32.9 Å². The molecule has 33 heavy (non-hydrogen) atoms. The van der Waals surface area contributed by atoms with Crippen LogP contribution in [0.25, 0.3) is 11.3 Å². The molecule has 1 aliphatic rings. The van der Waals surface area contributed by atoms with E-state index >= 15 is 0 Å². The molecule has 0 saturated heterocycles. The Morgan fingerprint density at radius 1 is 1.09 bits per heavy atom. The van der Waals surface area contributed by atoms with E-state index in [2.05, 4.69) is 5.32 Å². The van der Waals surface area contributed by atoms with Crippen molar-refractivity contribution in [2.45, 2.75) is 40.3 Å². The number of nitrogens with two attached hydrogens (primary N) is 1. The number of nitrogens with zero attached hydrogens (tertiary/aromatic N) is 3. The summed E-state index contributed by atoms with van der Waals surface area (Å²) in [6.07, 6.45) is 0.530. The number of benzene rings is 2. The van der Waals surface area contributed by atoms with Crippen molar-refractivity contribution in [1.29, 1.82) is 0 Å². The number of phenolic OH excluding ortho intramolecular Hbond substituents is 2. The Labute approximate surface area is 190 Å². The minimum absolute atomic E-state index is 0.175. The van der Waals surface area contributed by atoms with Crippen molar-refractivity contribution in [3.63, 3.8) is 0 Å². The summed E-state index contributed by atoms with van der Waals surface area (Å²) in [5.74, 6) is -0.440. The molecule has 3 aromatic rings. The molecule has 9 nitrogen and oxygen atoms in total. The average Bonchev–Trinajstić information content (AvgIpc) is 2.73. The van der Waals surface area contributed by atoms with Gasteiger partial charge in [-0.1, -0.05) is 17.7 Å². The van der Waals surface area contributed by atoms with E-state index in [1.165, 1.54) is 16.7 Å². The van der Waals surface area contributed by atoms with Crippen LogP contribution in [0.2, 0.25) is 0 Å². The molecule has 0 atom stereocenters. The number of aryl methyl sites for hydroxylation is 4. The summed E-state index contributed by atoms with van der Waals surface area (Å²) < 4.78 is 3.14. The van der Waals surface area contributed by atoms with Gasteiger partial charge in [0.25, 0.3) is 0 Å². The normalized spacial score (nSPS) is 12.9. The molecule has 0 fully saturated rings. The largest absolute Gasteiger partial charge is 0.504 e. The molecular formula is C24H27N5O4. The van der Waals surface area contributed by atoms with E-state index in [9.17, 15) is 19.8 Å². The lowest BCUT2D eigenvalue weighted by Crippen LogP contribution is -2.44. The molecule has 0 saturated carbocycles. The van der Waals surface area contributed by atoms with Gasteiger partial charge in [0.1, 0.15) is 5.49 Å². The highest BCUT2D eigenvalue weighted by Crippen LogP contribution is 2.36. The third kappa shape index (κ3) is 4.21. The number of fused-ring (bicyclic) bond motifs is 3. The average molecular weight is 450 g/mol. The highest BCUT2D eigenvalue weighted by molar-refractivity contribution is 5.71. The molecule has 172 valence electrons. The van der Waals surface area contributed by atoms with Gasteiger partial charge >= 0.3 is 11.7 Å². The van der Waals surface area contributed by atoms with Crippen LogP contribution in [0, 0.1) is 20.8 Å². The number of carbonyl (C=O) groups excluding carboxylic acids is 1. The summed E-state index contributed by atoms with van der Waals surface area (Å²) >= 11 is 0. The maximum absolute atomic E-state index is 13.5. The quantitative estimate of drug-likeness (QED) is 0.454. The van der Waals surface area contributed by atoms with Gasteiger partial charge in [-0.2, -0.15) is 0 Å². The molecule has 0 bridgehead atoms. The molecule has 0 unspecified atom stereocenters. The van der Waals surface area contributed by atoms with Crippen molar-refractivity contribution >= 4 is 11.7 Å².